The summed E-state index contributed by atoms with van der Waals surface area (Å²) < 4.78 is 12.3. The maximum absolute atomic E-state index is 14.7. The molecule has 2 unspecified atom stereocenters. The van der Waals surface area contributed by atoms with Crippen LogP contribution in [0.5, 0.6) is 0 Å². The Morgan fingerprint density at radius 2 is 1.90 bits per heavy atom. The van der Waals surface area contributed by atoms with Gasteiger partial charge in [-0.05, 0) is 56.0 Å². The molecule has 2 aromatic rings. The number of rotatable bonds is 10. The summed E-state index contributed by atoms with van der Waals surface area (Å²) in [5.74, 6) is -3.01. The number of aliphatic hydroxyl groups excluding tert-OH is 1. The lowest BCUT2D eigenvalue weighted by molar-refractivity contribution is -0.161. The van der Waals surface area contributed by atoms with E-state index in [-0.39, 0.29) is 25.0 Å². The summed E-state index contributed by atoms with van der Waals surface area (Å²) >= 11 is 6.13. The standard InChI is InChI=1S/C31H35ClN2O6/c1-4-18-33(22-14-12-21(32)13-15-22)28(37)26-31-17-16-30(5-2,40-31)25(29(38)39-6-3)24(31)27(36)34(26)23(19-35)20-10-8-7-9-11-20/h4,7-15,23-26,35H,1,5-6,16-19H2,2-3H3/t23-,24+,25+,26?,30-,31?/m1/s1. The van der Waals surface area contributed by atoms with E-state index in [1.807, 2.05) is 37.3 Å². The summed E-state index contributed by atoms with van der Waals surface area (Å²) in [6.07, 6.45) is 3.06. The molecule has 1 N–H and O–H groups in total. The van der Waals surface area contributed by atoms with Gasteiger partial charge in [0.05, 0.1) is 30.8 Å². The Kier molecular flexibility index (Phi) is 7.79. The molecule has 0 saturated carbocycles. The number of anilines is 1. The Morgan fingerprint density at radius 1 is 1.20 bits per heavy atom. The van der Waals surface area contributed by atoms with Crippen molar-refractivity contribution in [1.29, 1.82) is 0 Å². The number of nitrogens with zero attached hydrogens (tertiary/aromatic N) is 2. The summed E-state index contributed by atoms with van der Waals surface area (Å²) in [4.78, 5) is 45.7. The van der Waals surface area contributed by atoms with Crippen LogP contribution in [0.1, 0.15) is 44.7 Å². The second-order valence-electron chi connectivity index (χ2n) is 10.7. The number of esters is 1. The number of halogens is 1. The summed E-state index contributed by atoms with van der Waals surface area (Å²) in [5.41, 5.74) is -0.888. The zero-order valence-corrected chi connectivity index (χ0v) is 23.5. The van der Waals surface area contributed by atoms with Gasteiger partial charge in [0, 0.05) is 17.3 Å². The van der Waals surface area contributed by atoms with Crippen LogP contribution in [0.3, 0.4) is 0 Å². The van der Waals surface area contributed by atoms with Crippen molar-refractivity contribution in [3.05, 3.63) is 77.8 Å². The van der Waals surface area contributed by atoms with E-state index in [2.05, 4.69) is 6.58 Å². The predicted molar refractivity (Wildman–Crippen MR) is 151 cm³/mol. The number of aliphatic hydroxyl groups is 1. The highest BCUT2D eigenvalue weighted by Gasteiger charge is 2.79. The van der Waals surface area contributed by atoms with Crippen molar-refractivity contribution in [2.75, 3.05) is 24.7 Å². The molecule has 3 saturated heterocycles. The van der Waals surface area contributed by atoms with Crippen LogP contribution in [0, 0.1) is 11.8 Å². The number of amides is 2. The van der Waals surface area contributed by atoms with E-state index < -0.39 is 47.7 Å². The van der Waals surface area contributed by atoms with Gasteiger partial charge in [-0.1, -0.05) is 54.9 Å². The first kappa shape index (κ1) is 28.3. The summed E-state index contributed by atoms with van der Waals surface area (Å²) in [6.45, 7) is 7.44. The van der Waals surface area contributed by atoms with Crippen LogP contribution in [0.4, 0.5) is 5.69 Å². The third-order valence-corrected chi connectivity index (χ3v) is 9.05. The van der Waals surface area contributed by atoms with E-state index in [4.69, 9.17) is 21.1 Å². The number of hydrogen-bond acceptors (Lipinski definition) is 6. The van der Waals surface area contributed by atoms with E-state index in [9.17, 15) is 19.5 Å². The smallest absolute Gasteiger partial charge is 0.312 e. The van der Waals surface area contributed by atoms with Gasteiger partial charge >= 0.3 is 5.97 Å². The maximum atomic E-state index is 14.7. The third-order valence-electron chi connectivity index (χ3n) is 8.80. The minimum Gasteiger partial charge on any atom is -0.466 e. The van der Waals surface area contributed by atoms with Crippen molar-refractivity contribution in [3.63, 3.8) is 0 Å². The second-order valence-corrected chi connectivity index (χ2v) is 11.1. The molecule has 1 spiro atoms. The van der Waals surface area contributed by atoms with Crippen LogP contribution >= 0.6 is 11.6 Å². The van der Waals surface area contributed by atoms with Crippen LogP contribution in [0.2, 0.25) is 5.02 Å². The topological polar surface area (TPSA) is 96.4 Å². The van der Waals surface area contributed by atoms with E-state index in [0.717, 1.165) is 0 Å². The van der Waals surface area contributed by atoms with Gasteiger partial charge in [-0.25, -0.2) is 0 Å². The molecule has 2 amide bonds. The summed E-state index contributed by atoms with van der Waals surface area (Å²) in [7, 11) is 0. The van der Waals surface area contributed by atoms with Gasteiger partial charge in [-0.3, -0.25) is 14.4 Å². The van der Waals surface area contributed by atoms with E-state index in [1.165, 1.54) is 4.90 Å². The van der Waals surface area contributed by atoms with Crippen molar-refractivity contribution in [3.8, 4) is 0 Å². The van der Waals surface area contributed by atoms with Gasteiger partial charge in [0.2, 0.25) is 5.91 Å². The molecule has 2 bridgehead atoms. The Morgan fingerprint density at radius 3 is 2.50 bits per heavy atom. The number of ether oxygens (including phenoxy) is 2. The first-order valence-electron chi connectivity index (χ1n) is 13.8. The van der Waals surface area contributed by atoms with Crippen molar-refractivity contribution in [2.24, 2.45) is 11.8 Å². The van der Waals surface area contributed by atoms with Gasteiger partial charge in [-0.2, -0.15) is 0 Å². The molecular formula is C31H35ClN2O6. The lowest BCUT2D eigenvalue weighted by Crippen LogP contribution is -2.57. The van der Waals surface area contributed by atoms with Crippen LogP contribution in [0.15, 0.2) is 67.3 Å². The Balaban J connectivity index is 1.68. The Labute approximate surface area is 239 Å². The molecule has 0 aromatic heterocycles. The van der Waals surface area contributed by atoms with Gasteiger partial charge in [-0.15, -0.1) is 6.58 Å². The van der Waals surface area contributed by atoms with Crippen molar-refractivity contribution in [1.82, 2.24) is 4.90 Å². The minimum absolute atomic E-state index is 0.169. The molecule has 3 heterocycles. The largest absolute Gasteiger partial charge is 0.466 e. The number of likely N-dealkylation sites (tertiary alicyclic amines) is 1. The van der Waals surface area contributed by atoms with Gasteiger partial charge < -0.3 is 24.4 Å². The predicted octanol–water partition coefficient (Wildman–Crippen LogP) is 4.31. The zero-order chi connectivity index (χ0) is 28.7. The third kappa shape index (κ3) is 4.24. The fraction of sp³-hybridized carbons (Fsp3) is 0.452. The Bertz CT molecular complexity index is 1290. The number of fused-ring (bicyclic) bond motifs is 1. The molecule has 3 aliphatic rings. The molecule has 0 radical (unpaired) electrons. The van der Waals surface area contributed by atoms with E-state index in [0.29, 0.717) is 35.5 Å². The average Bonchev–Trinajstić information content (AvgIpc) is 3.57. The summed E-state index contributed by atoms with van der Waals surface area (Å²) in [5, 5.41) is 11.2. The normalized spacial score (nSPS) is 29.2. The average molecular weight is 567 g/mol. The number of carbonyl (C=O) groups is 3. The van der Waals surface area contributed by atoms with Crippen molar-refractivity contribution >= 4 is 35.1 Å². The quantitative estimate of drug-likeness (QED) is 0.340. The maximum Gasteiger partial charge on any atom is 0.312 e. The van der Waals surface area contributed by atoms with Crippen molar-refractivity contribution in [2.45, 2.75) is 56.4 Å². The lowest BCUT2D eigenvalue weighted by atomic mass is 9.65. The Hall–Kier alpha value is -3.20. The molecule has 6 atom stereocenters. The van der Waals surface area contributed by atoms with E-state index >= 15 is 0 Å². The number of benzene rings is 2. The lowest BCUT2D eigenvalue weighted by Gasteiger charge is -2.39. The SMILES string of the molecule is C=CCN(C(=O)C1N([C@H](CO)c2ccccc2)C(=O)[C@@H]2[C@@H](C(=O)OCC)[C@@]3(CC)CCC12O3)c1ccc(Cl)cc1. The summed E-state index contributed by atoms with van der Waals surface area (Å²) in [6, 6.07) is 14.1. The molecular weight excluding hydrogens is 532 g/mol. The molecule has 8 nitrogen and oxygen atoms in total. The second kappa shape index (κ2) is 11.0. The highest BCUT2D eigenvalue weighted by atomic mass is 35.5. The van der Waals surface area contributed by atoms with Gasteiger partial charge in [0.15, 0.2) is 0 Å². The van der Waals surface area contributed by atoms with E-state index in [1.54, 1.807) is 42.2 Å². The number of carbonyl (C=O) groups excluding carboxylic acids is 3. The molecule has 9 heteroatoms. The first-order chi connectivity index (χ1) is 19.3. The van der Waals surface area contributed by atoms with Crippen molar-refractivity contribution < 1.29 is 29.0 Å². The molecule has 40 heavy (non-hydrogen) atoms. The van der Waals surface area contributed by atoms with Crippen LogP contribution in [-0.2, 0) is 23.9 Å². The molecule has 3 aliphatic heterocycles. The van der Waals surface area contributed by atoms with Gasteiger partial charge in [0.1, 0.15) is 17.6 Å². The highest BCUT2D eigenvalue weighted by Crippen LogP contribution is 2.65. The minimum atomic E-state index is -1.25. The molecule has 2 aromatic carbocycles. The highest BCUT2D eigenvalue weighted by molar-refractivity contribution is 6.30. The zero-order valence-electron chi connectivity index (χ0n) is 22.8. The van der Waals surface area contributed by atoms with Crippen LogP contribution in [-0.4, -0.2) is 64.8 Å². The monoisotopic (exact) mass is 566 g/mol. The molecule has 5 rings (SSSR count). The molecule has 3 fully saturated rings. The van der Waals surface area contributed by atoms with Crippen LogP contribution in [0.25, 0.3) is 0 Å². The molecule has 0 aliphatic carbocycles. The first-order valence-corrected chi connectivity index (χ1v) is 14.2. The fourth-order valence-electron chi connectivity index (χ4n) is 7.11. The number of hydrogen-bond donors (Lipinski definition) is 1. The fourth-order valence-corrected chi connectivity index (χ4v) is 7.24. The van der Waals surface area contributed by atoms with Crippen LogP contribution < -0.4 is 4.90 Å². The van der Waals surface area contributed by atoms with Gasteiger partial charge in [0.25, 0.3) is 5.91 Å². The molecule has 212 valence electrons.